The minimum atomic E-state index is -1.04. The summed E-state index contributed by atoms with van der Waals surface area (Å²) in [5, 5.41) is 0. The van der Waals surface area contributed by atoms with Crippen LogP contribution in [0.2, 0.25) is 0 Å². The SMILES string of the molecule is CCC(C)COC(=O)OC[C@H](C)OC(=O)[C@@H](N)Cc1ccc(OC(=O)CCC(C)C)c(OC(=O)CCC(C)C)c1. The summed E-state index contributed by atoms with van der Waals surface area (Å²) in [7, 11) is 0. The third-order valence-corrected chi connectivity index (χ3v) is 6.00. The van der Waals surface area contributed by atoms with Gasteiger partial charge in [0.2, 0.25) is 0 Å². The first-order valence-corrected chi connectivity index (χ1v) is 14.1. The molecule has 0 aromatic heterocycles. The summed E-state index contributed by atoms with van der Waals surface area (Å²) in [5.41, 5.74) is 6.65. The quantitative estimate of drug-likeness (QED) is 0.194. The Morgan fingerprint density at radius 3 is 1.90 bits per heavy atom. The van der Waals surface area contributed by atoms with E-state index in [4.69, 9.17) is 29.4 Å². The summed E-state index contributed by atoms with van der Waals surface area (Å²) >= 11 is 0. The van der Waals surface area contributed by atoms with Crippen LogP contribution in [0, 0.1) is 17.8 Å². The zero-order chi connectivity index (χ0) is 30.2. The Labute approximate surface area is 238 Å². The third-order valence-electron chi connectivity index (χ3n) is 6.00. The Morgan fingerprint density at radius 1 is 0.800 bits per heavy atom. The van der Waals surface area contributed by atoms with Crippen LogP contribution in [0.15, 0.2) is 18.2 Å². The fourth-order valence-corrected chi connectivity index (χ4v) is 3.22. The summed E-state index contributed by atoms with van der Waals surface area (Å²) in [6.07, 6.45) is 1.13. The smallest absolute Gasteiger partial charge is 0.458 e. The molecule has 3 atom stereocenters. The molecule has 0 aliphatic carbocycles. The van der Waals surface area contributed by atoms with Crippen molar-refractivity contribution in [2.75, 3.05) is 13.2 Å². The maximum absolute atomic E-state index is 12.5. The van der Waals surface area contributed by atoms with E-state index in [1.165, 1.54) is 12.1 Å². The van der Waals surface area contributed by atoms with Crippen molar-refractivity contribution in [1.82, 2.24) is 0 Å². The molecule has 226 valence electrons. The van der Waals surface area contributed by atoms with Gasteiger partial charge in [0.25, 0.3) is 0 Å². The Bertz CT molecular complexity index is 960. The molecule has 0 fully saturated rings. The molecular formula is C30H47NO9. The van der Waals surface area contributed by atoms with E-state index in [9.17, 15) is 19.2 Å². The van der Waals surface area contributed by atoms with E-state index >= 15 is 0 Å². The molecule has 1 rings (SSSR count). The van der Waals surface area contributed by atoms with Gasteiger partial charge < -0.3 is 29.4 Å². The second kappa shape index (κ2) is 18.3. The van der Waals surface area contributed by atoms with Gasteiger partial charge in [0.1, 0.15) is 18.8 Å². The molecule has 1 unspecified atom stereocenters. The molecule has 0 aliphatic rings. The Kier molecular flexibility index (Phi) is 15.9. The number of nitrogens with two attached hydrogens (primary N) is 1. The molecule has 0 amide bonds. The summed E-state index contributed by atoms with van der Waals surface area (Å²) in [6, 6.07) is 3.66. The van der Waals surface area contributed by atoms with E-state index in [1.54, 1.807) is 13.0 Å². The number of carbonyl (C=O) groups is 4. The zero-order valence-electron chi connectivity index (χ0n) is 25.0. The van der Waals surface area contributed by atoms with Crippen molar-refractivity contribution in [1.29, 1.82) is 0 Å². The summed E-state index contributed by atoms with van der Waals surface area (Å²) in [6.45, 7) is 13.6. The van der Waals surface area contributed by atoms with Gasteiger partial charge in [-0.05, 0) is 61.6 Å². The van der Waals surface area contributed by atoms with Crippen LogP contribution in [0.25, 0.3) is 0 Å². The predicted octanol–water partition coefficient (Wildman–Crippen LogP) is 5.37. The highest BCUT2D eigenvalue weighted by Crippen LogP contribution is 2.30. The minimum absolute atomic E-state index is 0.0709. The summed E-state index contributed by atoms with van der Waals surface area (Å²) < 4.78 is 26.3. The molecule has 1 aromatic carbocycles. The molecule has 40 heavy (non-hydrogen) atoms. The molecule has 0 heterocycles. The van der Waals surface area contributed by atoms with E-state index in [2.05, 4.69) is 0 Å². The van der Waals surface area contributed by atoms with Crippen molar-refractivity contribution in [3.63, 3.8) is 0 Å². The van der Waals surface area contributed by atoms with Gasteiger partial charge in [0, 0.05) is 12.8 Å². The number of rotatable bonds is 17. The first-order valence-electron chi connectivity index (χ1n) is 14.1. The average Bonchev–Trinajstić information content (AvgIpc) is 2.89. The van der Waals surface area contributed by atoms with E-state index in [-0.39, 0.29) is 49.9 Å². The summed E-state index contributed by atoms with van der Waals surface area (Å²) in [5.74, 6) is -0.493. The first-order chi connectivity index (χ1) is 18.8. The predicted molar refractivity (Wildman–Crippen MR) is 150 cm³/mol. The standard InChI is InChI=1S/C30H47NO9/c1-8-21(6)17-36-30(35)37-18-22(7)38-29(34)24(31)15-23-11-12-25(39-27(32)13-9-19(2)3)26(16-23)40-28(33)14-10-20(4)5/h11-12,16,19-22,24H,8-10,13-15,17-18,31H2,1-7H3/t21?,22-,24-/m0/s1. The molecule has 0 saturated heterocycles. The lowest BCUT2D eigenvalue weighted by Crippen LogP contribution is -2.37. The van der Waals surface area contributed by atoms with Gasteiger partial charge in [-0.3, -0.25) is 14.4 Å². The second-order valence-electron chi connectivity index (χ2n) is 11.0. The number of hydrogen-bond donors (Lipinski definition) is 1. The topological polar surface area (TPSA) is 140 Å². The van der Waals surface area contributed by atoms with Crippen LogP contribution < -0.4 is 15.2 Å². The normalized spacial score (nSPS) is 13.3. The first kappa shape index (κ1) is 34.9. The number of hydrogen-bond acceptors (Lipinski definition) is 10. The van der Waals surface area contributed by atoms with Gasteiger partial charge >= 0.3 is 24.1 Å². The lowest BCUT2D eigenvalue weighted by atomic mass is 10.1. The Hall–Kier alpha value is -3.14. The molecule has 0 aliphatic heterocycles. The van der Waals surface area contributed by atoms with Crippen molar-refractivity contribution >= 4 is 24.1 Å². The van der Waals surface area contributed by atoms with Crippen LogP contribution in [-0.2, 0) is 35.0 Å². The van der Waals surface area contributed by atoms with Crippen LogP contribution in [0.1, 0.15) is 86.1 Å². The van der Waals surface area contributed by atoms with Crippen LogP contribution in [0.3, 0.4) is 0 Å². The highest BCUT2D eigenvalue weighted by atomic mass is 16.7. The van der Waals surface area contributed by atoms with Gasteiger partial charge in [-0.2, -0.15) is 0 Å². The molecule has 0 bridgehead atoms. The molecule has 10 nitrogen and oxygen atoms in total. The van der Waals surface area contributed by atoms with Crippen molar-refractivity contribution in [2.24, 2.45) is 23.5 Å². The molecule has 0 saturated carbocycles. The van der Waals surface area contributed by atoms with Gasteiger partial charge in [-0.1, -0.05) is 54.0 Å². The maximum Gasteiger partial charge on any atom is 0.508 e. The average molecular weight is 566 g/mol. The van der Waals surface area contributed by atoms with Gasteiger partial charge in [0.05, 0.1) is 6.61 Å². The number of benzene rings is 1. The molecule has 0 spiro atoms. The fourth-order valence-electron chi connectivity index (χ4n) is 3.22. The van der Waals surface area contributed by atoms with Crippen LogP contribution >= 0.6 is 0 Å². The molecule has 1 aromatic rings. The monoisotopic (exact) mass is 565 g/mol. The lowest BCUT2D eigenvalue weighted by Gasteiger charge is -2.18. The second-order valence-corrected chi connectivity index (χ2v) is 11.0. The highest BCUT2D eigenvalue weighted by molar-refractivity contribution is 5.77. The number of esters is 3. The van der Waals surface area contributed by atoms with Crippen LogP contribution in [-0.4, -0.2) is 49.4 Å². The van der Waals surface area contributed by atoms with E-state index in [1.807, 2.05) is 41.5 Å². The van der Waals surface area contributed by atoms with Gasteiger partial charge in [-0.15, -0.1) is 0 Å². The number of carbonyl (C=O) groups excluding carboxylic acids is 4. The highest BCUT2D eigenvalue weighted by Gasteiger charge is 2.22. The maximum atomic E-state index is 12.5. The largest absolute Gasteiger partial charge is 0.508 e. The molecular weight excluding hydrogens is 518 g/mol. The van der Waals surface area contributed by atoms with Crippen molar-refractivity contribution in [2.45, 2.75) is 99.1 Å². The Balaban J connectivity index is 2.80. The van der Waals surface area contributed by atoms with Crippen molar-refractivity contribution < 1.29 is 42.9 Å². The van der Waals surface area contributed by atoms with Gasteiger partial charge in [0.15, 0.2) is 11.5 Å². The third kappa shape index (κ3) is 14.9. The fraction of sp³-hybridized carbons (Fsp3) is 0.667. The lowest BCUT2D eigenvalue weighted by molar-refractivity contribution is -0.152. The van der Waals surface area contributed by atoms with E-state index in [0.717, 1.165) is 6.42 Å². The van der Waals surface area contributed by atoms with Crippen molar-refractivity contribution in [3.05, 3.63) is 23.8 Å². The minimum Gasteiger partial charge on any atom is -0.458 e. The van der Waals surface area contributed by atoms with Crippen LogP contribution in [0.4, 0.5) is 4.79 Å². The number of ether oxygens (including phenoxy) is 5. The molecule has 10 heteroatoms. The van der Waals surface area contributed by atoms with E-state index in [0.29, 0.717) is 30.2 Å². The van der Waals surface area contributed by atoms with E-state index < -0.39 is 36.2 Å². The Morgan fingerprint density at radius 2 is 1.35 bits per heavy atom. The zero-order valence-corrected chi connectivity index (χ0v) is 25.0. The van der Waals surface area contributed by atoms with Crippen molar-refractivity contribution in [3.8, 4) is 11.5 Å². The summed E-state index contributed by atoms with van der Waals surface area (Å²) in [4.78, 5) is 49.0. The molecule has 2 N–H and O–H groups in total. The molecule has 0 radical (unpaired) electrons. The van der Waals surface area contributed by atoms with Gasteiger partial charge in [-0.25, -0.2) is 4.79 Å². The van der Waals surface area contributed by atoms with Crippen LogP contribution in [0.5, 0.6) is 11.5 Å².